The van der Waals surface area contributed by atoms with E-state index in [1.54, 1.807) is 165 Å². The second kappa shape index (κ2) is 43.1. The van der Waals surface area contributed by atoms with Crippen LogP contribution in [0.2, 0.25) is 0 Å². The van der Waals surface area contributed by atoms with Gasteiger partial charge in [0.25, 0.3) is 0 Å². The van der Waals surface area contributed by atoms with Gasteiger partial charge in [-0.3, -0.25) is 67.2 Å². The van der Waals surface area contributed by atoms with Gasteiger partial charge in [0.15, 0.2) is 11.6 Å². The highest BCUT2D eigenvalue weighted by Gasteiger charge is 2.47. The molecule has 0 aliphatic carbocycles. The normalized spacial score (nSPS) is 24.3. The Labute approximate surface area is 671 Å². The van der Waals surface area contributed by atoms with E-state index in [9.17, 15) is 14.7 Å². The predicted molar refractivity (Wildman–Crippen MR) is 435 cm³/mol. The Bertz CT molecular complexity index is 3750. The van der Waals surface area contributed by atoms with E-state index in [0.29, 0.717) is 34.2 Å². The molecule has 113 heavy (non-hydrogen) atoms. The minimum Gasteiger partial charge on any atom is -0.496 e. The van der Waals surface area contributed by atoms with Crippen molar-refractivity contribution in [3.8, 4) is 5.75 Å². The van der Waals surface area contributed by atoms with Crippen LogP contribution in [0.4, 0.5) is 0 Å². The molecule has 4 rings (SSSR count). The molecule has 1 aliphatic heterocycles. The zero-order chi connectivity index (χ0) is 86.0. The highest BCUT2D eigenvalue weighted by Crippen LogP contribution is 2.33. The first-order valence-corrected chi connectivity index (χ1v) is 40.2. The zero-order valence-corrected chi connectivity index (χ0v) is 72.5. The van der Waals surface area contributed by atoms with E-state index in [2.05, 4.69) is 31.6 Å². The average molecular weight is 1580 g/mol. The summed E-state index contributed by atoms with van der Waals surface area (Å²) in [5.41, 5.74) is 1.90. The van der Waals surface area contributed by atoms with Gasteiger partial charge in [0.05, 0.1) is 37.3 Å². The summed E-state index contributed by atoms with van der Waals surface area (Å²) in [6.45, 7) is 34.0. The lowest BCUT2D eigenvalue weighted by Crippen LogP contribution is -2.65. The largest absolute Gasteiger partial charge is 0.496 e. The number of aromatic amines is 1. The van der Waals surface area contributed by atoms with Crippen molar-refractivity contribution in [1.29, 1.82) is 0 Å². The molecule has 0 radical (unpaired) electrons. The molecule has 7 N–H and O–H groups in total. The van der Waals surface area contributed by atoms with Gasteiger partial charge in [0.1, 0.15) is 60.2 Å². The fourth-order valence-corrected chi connectivity index (χ4v) is 15.2. The number of ether oxygens (including phenoxy) is 2. The highest BCUT2D eigenvalue weighted by molar-refractivity contribution is 6.01. The first-order chi connectivity index (χ1) is 52.6. The van der Waals surface area contributed by atoms with E-state index in [4.69, 9.17) is 9.47 Å². The molecule has 16 atom stereocenters. The maximum absolute atomic E-state index is 15.8. The minimum atomic E-state index is -1.94. The smallest absolute Gasteiger partial charge is 0.309 e. The number of amides is 10. The number of esters is 1. The van der Waals surface area contributed by atoms with E-state index >= 15 is 52.7 Å². The molecule has 16 unspecified atom stereocenters. The zero-order valence-electron chi connectivity index (χ0n) is 72.5. The van der Waals surface area contributed by atoms with Gasteiger partial charge in [-0.25, -0.2) is 0 Å². The topological polar surface area (TPSA) is 356 Å². The minimum absolute atomic E-state index is 0.0503. The Morgan fingerprint density at radius 1 is 0.584 bits per heavy atom. The van der Waals surface area contributed by atoms with Gasteiger partial charge in [-0.2, -0.15) is 0 Å². The van der Waals surface area contributed by atoms with Crippen molar-refractivity contribution in [1.82, 2.24) is 61.0 Å². The maximum Gasteiger partial charge on any atom is 0.309 e. The number of likely N-dealkylation sites (N-methyl/N-ethyl adjacent to an activating group) is 6. The number of benzene rings is 2. The number of rotatable bonds is 24. The van der Waals surface area contributed by atoms with Gasteiger partial charge in [-0.1, -0.05) is 167 Å². The molecule has 1 fully saturated rings. The van der Waals surface area contributed by atoms with Crippen LogP contribution in [0, 0.1) is 65.1 Å². The summed E-state index contributed by atoms with van der Waals surface area (Å²) in [6, 6.07) is -0.665. The first-order valence-electron chi connectivity index (χ1n) is 40.2. The number of methoxy groups -OCH3 is 1. The van der Waals surface area contributed by atoms with Crippen LogP contribution in [0.1, 0.15) is 175 Å². The molecule has 10 amide bonds. The summed E-state index contributed by atoms with van der Waals surface area (Å²) in [5, 5.41) is 26.7. The summed E-state index contributed by atoms with van der Waals surface area (Å²) < 4.78 is 12.1. The van der Waals surface area contributed by atoms with Crippen LogP contribution in [-0.2, 0) is 79.9 Å². The number of H-pyrrole nitrogens is 1. The van der Waals surface area contributed by atoms with E-state index < -0.39 is 221 Å². The van der Waals surface area contributed by atoms with Crippen molar-refractivity contribution in [2.75, 3.05) is 56.4 Å². The fraction of sp³-hybridized carbons (Fsp3) is 0.682. The molecule has 0 saturated carbocycles. The predicted octanol–water partition coefficient (Wildman–Crippen LogP) is 6.61. The fourth-order valence-electron chi connectivity index (χ4n) is 15.2. The summed E-state index contributed by atoms with van der Waals surface area (Å²) in [6.07, 6.45) is -2.50. The van der Waals surface area contributed by atoms with E-state index in [1.165, 1.54) is 75.8 Å². The van der Waals surface area contributed by atoms with Gasteiger partial charge in [0.2, 0.25) is 59.1 Å². The Hall–Kier alpha value is -8.79. The molecule has 2 heterocycles. The number of aromatic nitrogens is 1. The van der Waals surface area contributed by atoms with Gasteiger partial charge in [-0.15, -0.1) is 0 Å². The highest BCUT2D eigenvalue weighted by atomic mass is 16.5. The number of nitrogens with one attached hydrogen (secondary N) is 6. The van der Waals surface area contributed by atoms with Crippen molar-refractivity contribution in [3.05, 3.63) is 65.9 Å². The summed E-state index contributed by atoms with van der Waals surface area (Å²) in [7, 11) is 11.9. The summed E-state index contributed by atoms with van der Waals surface area (Å²) >= 11 is 0. The lowest BCUT2D eigenvalue weighted by molar-refractivity contribution is -0.162. The SMILES string of the molecule is CCC(C)C(C(=O)NC1C(=O)N(C)C(C(C)O)C(=O)NC(C(C)C)C(=O)N(C)C(CC(C)C)C(=O)NC(C(C)C)C(=O)N(C)C(C(C)C)C(=O)N(C)C(Cc2c[nH]c3cccc(OC)c23)C(=O)CC(C(C)C)C(=O)NC(Cc2ccccc2)C(=O)CC(C(C)C)C(=O)OC1C)N(C)C(=O)C(NC(=O)C(C(C)C)N(C)C)C(C)C. The third kappa shape index (κ3) is 24.9. The number of nitrogens with zero attached hydrogens (tertiary/aromatic N) is 6. The van der Waals surface area contributed by atoms with Crippen LogP contribution in [0.5, 0.6) is 5.75 Å². The first kappa shape index (κ1) is 96.6. The Kier molecular flexibility index (Phi) is 36.8. The van der Waals surface area contributed by atoms with Crippen LogP contribution < -0.4 is 31.3 Å². The van der Waals surface area contributed by atoms with Crippen LogP contribution in [0.3, 0.4) is 0 Å². The second-order valence-corrected chi connectivity index (χ2v) is 34.3. The van der Waals surface area contributed by atoms with Crippen molar-refractivity contribution in [2.24, 2.45) is 65.1 Å². The number of aliphatic hydroxyl groups excluding tert-OH is 1. The molecule has 1 aliphatic rings. The lowest BCUT2D eigenvalue weighted by Gasteiger charge is -2.39. The third-order valence-electron chi connectivity index (χ3n) is 22.3. The number of carbonyl (C=O) groups is 13. The number of carbonyl (C=O) groups excluding carboxylic acids is 13. The number of fused-ring (bicyclic) bond motifs is 1. The van der Waals surface area contributed by atoms with Crippen molar-refractivity contribution in [2.45, 2.75) is 256 Å². The standard InChI is InChI=1S/C85H136N12O16/c1-29-52(18)73(96(26)82(108)69(49(12)13)89-77(103)71(50(14)15)92(21)22)78(104)91-70-54(20)113-85(111)58(46(6)7)42-63(99)60(39-55-34-31-30-32-35-55)87-75(101)57(45(4)5)41-64(100)61(40-56-43-86-59-36-33-37-65(112-28)66(56)59)93(23)84(110)72(51(16)17)95(25)81(107)68(48(10)11)88-76(102)62(38-44(2)3)94(24)80(106)67(47(8)9)90-79(105)74(53(19)98)97(27)83(70)109/h30-37,43-54,57-58,60-62,67-74,86,98H,29,38-42H2,1-28H3,(H,87,101)(H,88,102)(H,89,103)(H,90,105)(H,91,104). The molecular weight excluding hydrogens is 1450 g/mol. The molecule has 1 saturated heterocycles. The summed E-state index contributed by atoms with van der Waals surface area (Å²) in [4.78, 5) is 209. The molecule has 28 heteroatoms. The number of hydrogen-bond donors (Lipinski definition) is 7. The average Bonchev–Trinajstić information content (AvgIpc) is 1.79. The van der Waals surface area contributed by atoms with Crippen molar-refractivity contribution in [3.63, 3.8) is 0 Å². The molecular formula is C85H136N12O16. The van der Waals surface area contributed by atoms with Crippen LogP contribution in [0.25, 0.3) is 10.9 Å². The molecule has 28 nitrogen and oxygen atoms in total. The third-order valence-corrected chi connectivity index (χ3v) is 22.3. The Morgan fingerprint density at radius 2 is 1.12 bits per heavy atom. The van der Waals surface area contributed by atoms with E-state index in [-0.39, 0.29) is 31.1 Å². The van der Waals surface area contributed by atoms with Crippen LogP contribution in [-0.4, -0.2) is 251 Å². The number of cyclic esters (lactones) is 1. The number of aliphatic hydroxyl groups is 1. The molecule has 0 bridgehead atoms. The van der Waals surface area contributed by atoms with Crippen LogP contribution >= 0.6 is 0 Å². The number of ketones is 2. The number of Topliss-reactive ketones (excluding diaryl/α,β-unsaturated/α-hetero) is 2. The molecule has 3 aromatic rings. The monoisotopic (exact) mass is 1580 g/mol. The molecule has 632 valence electrons. The van der Waals surface area contributed by atoms with Crippen molar-refractivity contribution < 1.29 is 76.9 Å². The number of hydrogen-bond acceptors (Lipinski definition) is 17. The lowest BCUT2D eigenvalue weighted by atomic mass is 9.85. The molecule has 2 aromatic carbocycles. The van der Waals surface area contributed by atoms with Gasteiger partial charge >= 0.3 is 5.97 Å². The van der Waals surface area contributed by atoms with Crippen LogP contribution in [0.15, 0.2) is 54.7 Å². The Morgan fingerprint density at radius 3 is 1.62 bits per heavy atom. The maximum atomic E-state index is 15.8. The summed E-state index contributed by atoms with van der Waals surface area (Å²) in [5.74, 6) is -16.5. The van der Waals surface area contributed by atoms with Gasteiger partial charge < -0.3 is 70.6 Å². The molecule has 0 spiro atoms. The Balaban J connectivity index is 2.07. The van der Waals surface area contributed by atoms with E-state index in [0.717, 1.165) is 4.90 Å². The quantitative estimate of drug-likeness (QED) is 0.0464. The van der Waals surface area contributed by atoms with Gasteiger partial charge in [-0.05, 0) is 117 Å². The van der Waals surface area contributed by atoms with Crippen molar-refractivity contribution >= 4 is 87.5 Å². The van der Waals surface area contributed by atoms with E-state index in [1.807, 2.05) is 33.8 Å². The second-order valence-electron chi connectivity index (χ2n) is 34.3. The molecule has 1 aromatic heterocycles. The van der Waals surface area contributed by atoms with Gasteiger partial charge in [0, 0.05) is 77.5 Å².